The highest BCUT2D eigenvalue weighted by Gasteiger charge is 2.30. The Morgan fingerprint density at radius 2 is 1.81 bits per heavy atom. The maximum Gasteiger partial charge on any atom is 0.227 e. The lowest BCUT2D eigenvalue weighted by Gasteiger charge is -2.34. The van der Waals surface area contributed by atoms with Gasteiger partial charge in [-0.25, -0.2) is 8.51 Å². The van der Waals surface area contributed by atoms with E-state index in [2.05, 4.69) is 24.4 Å². The summed E-state index contributed by atoms with van der Waals surface area (Å²) in [6.45, 7) is 6.17. The van der Waals surface area contributed by atoms with Crippen molar-refractivity contribution in [2.24, 2.45) is 5.92 Å². The average molecular weight is 379 g/mol. The van der Waals surface area contributed by atoms with Gasteiger partial charge in [-0.1, -0.05) is 25.5 Å². The number of carbonyl (C=O) groups excluding carboxylic acids is 1. The zero-order valence-corrected chi connectivity index (χ0v) is 17.5. The summed E-state index contributed by atoms with van der Waals surface area (Å²) in [5.41, 5.74) is 2.21. The highest BCUT2D eigenvalue weighted by Crippen LogP contribution is 2.29. The maximum atomic E-state index is 12.6. The first-order valence-corrected chi connectivity index (χ1v) is 11.1. The number of benzene rings is 1. The molecule has 4 nitrogen and oxygen atoms in total. The molecule has 1 saturated carbocycles. The molecule has 1 aliphatic carbocycles. The van der Waals surface area contributed by atoms with E-state index in [0.29, 0.717) is 6.04 Å². The van der Waals surface area contributed by atoms with Gasteiger partial charge in [0, 0.05) is 29.9 Å². The molecule has 0 spiro atoms. The van der Waals surface area contributed by atoms with E-state index in [0.717, 1.165) is 37.8 Å². The number of nitrogens with zero attached hydrogens (tertiary/aromatic N) is 1. The average Bonchev–Trinajstić information content (AvgIpc) is 2.66. The van der Waals surface area contributed by atoms with Gasteiger partial charge in [0.2, 0.25) is 5.91 Å². The molecule has 0 heterocycles. The predicted octanol–water partition coefficient (Wildman–Crippen LogP) is 4.53. The normalized spacial score (nSPS) is 21.8. The number of hydrogen-bond acceptors (Lipinski definition) is 2. The Labute approximate surface area is 161 Å². The Balaban J connectivity index is 1.82. The zero-order valence-electron chi connectivity index (χ0n) is 16.7. The number of amides is 1. The van der Waals surface area contributed by atoms with Crippen LogP contribution in [0.15, 0.2) is 24.3 Å². The van der Waals surface area contributed by atoms with E-state index in [1.54, 1.807) is 0 Å². The number of unbranched alkanes of at least 4 members (excludes halogenated alkanes) is 1. The summed E-state index contributed by atoms with van der Waals surface area (Å²) in [4.78, 5) is 12.6. The summed E-state index contributed by atoms with van der Waals surface area (Å²) < 4.78 is 14.2. The molecule has 0 aliphatic heterocycles. The van der Waals surface area contributed by atoms with Gasteiger partial charge in [0.25, 0.3) is 0 Å². The SMILES string of the molecule is CCCCc1ccc(NC(=O)C2CCC(N(C)S(=O)C(C)C)CC2)cc1. The van der Waals surface area contributed by atoms with E-state index >= 15 is 0 Å². The van der Waals surface area contributed by atoms with Crippen LogP contribution in [-0.4, -0.2) is 32.8 Å². The van der Waals surface area contributed by atoms with Gasteiger partial charge in [-0.15, -0.1) is 0 Å². The van der Waals surface area contributed by atoms with Crippen LogP contribution < -0.4 is 5.32 Å². The zero-order chi connectivity index (χ0) is 19.1. The minimum absolute atomic E-state index is 0.0619. The molecule has 1 amide bonds. The lowest BCUT2D eigenvalue weighted by molar-refractivity contribution is -0.121. The van der Waals surface area contributed by atoms with Crippen LogP contribution >= 0.6 is 0 Å². The van der Waals surface area contributed by atoms with E-state index in [-0.39, 0.29) is 17.1 Å². The molecule has 1 aliphatic rings. The molecule has 1 aromatic carbocycles. The highest BCUT2D eigenvalue weighted by molar-refractivity contribution is 7.83. The maximum absolute atomic E-state index is 12.6. The van der Waals surface area contributed by atoms with E-state index in [1.165, 1.54) is 18.4 Å². The second-order valence-corrected chi connectivity index (χ2v) is 9.74. The molecule has 0 bridgehead atoms. The lowest BCUT2D eigenvalue weighted by Crippen LogP contribution is -2.40. The molecule has 1 fully saturated rings. The molecular weight excluding hydrogens is 344 g/mol. The topological polar surface area (TPSA) is 49.4 Å². The van der Waals surface area contributed by atoms with Gasteiger partial charge >= 0.3 is 0 Å². The summed E-state index contributed by atoms with van der Waals surface area (Å²) in [7, 11) is 1.01. The molecule has 0 aromatic heterocycles. The van der Waals surface area contributed by atoms with Crippen molar-refractivity contribution in [2.45, 2.75) is 77.0 Å². The standard InChI is InChI=1S/C21H34N2O2S/c1-5-6-7-17-8-12-19(13-9-17)22-21(24)18-10-14-20(15-11-18)23(4)26(25)16(2)3/h8-9,12-13,16,18,20H,5-7,10-11,14-15H2,1-4H3,(H,22,24). The van der Waals surface area contributed by atoms with E-state index < -0.39 is 11.0 Å². The molecule has 0 saturated heterocycles. The molecule has 1 atom stereocenters. The predicted molar refractivity (Wildman–Crippen MR) is 110 cm³/mol. The number of aryl methyl sites for hydroxylation is 1. The summed E-state index contributed by atoms with van der Waals surface area (Å²) >= 11 is 0. The van der Waals surface area contributed by atoms with Gasteiger partial charge in [0.15, 0.2) is 0 Å². The Hall–Kier alpha value is -1.20. The van der Waals surface area contributed by atoms with Gasteiger partial charge in [-0.05, 0) is 70.1 Å². The van der Waals surface area contributed by atoms with Crippen LogP contribution in [0.5, 0.6) is 0 Å². The monoisotopic (exact) mass is 378 g/mol. The summed E-state index contributed by atoms with van der Waals surface area (Å²) in [6.07, 6.45) is 7.09. The molecule has 0 radical (unpaired) electrons. The fourth-order valence-electron chi connectivity index (χ4n) is 3.56. The van der Waals surface area contributed by atoms with Gasteiger partial charge in [0.1, 0.15) is 0 Å². The van der Waals surface area contributed by atoms with E-state index in [1.807, 2.05) is 37.3 Å². The van der Waals surface area contributed by atoms with Crippen molar-refractivity contribution in [1.82, 2.24) is 4.31 Å². The Kier molecular flexibility index (Phi) is 8.29. The van der Waals surface area contributed by atoms with Crippen LogP contribution in [0.4, 0.5) is 5.69 Å². The van der Waals surface area contributed by atoms with Crippen LogP contribution in [-0.2, 0) is 22.2 Å². The smallest absolute Gasteiger partial charge is 0.227 e. The van der Waals surface area contributed by atoms with Crippen LogP contribution in [0, 0.1) is 5.92 Å². The van der Waals surface area contributed by atoms with Crippen LogP contribution in [0.3, 0.4) is 0 Å². The summed E-state index contributed by atoms with van der Waals surface area (Å²) in [5, 5.41) is 3.21. The molecule has 26 heavy (non-hydrogen) atoms. The molecule has 2 rings (SSSR count). The first-order chi connectivity index (χ1) is 12.4. The Morgan fingerprint density at radius 3 is 2.35 bits per heavy atom. The molecule has 1 N–H and O–H groups in total. The largest absolute Gasteiger partial charge is 0.326 e. The lowest BCUT2D eigenvalue weighted by atomic mass is 9.85. The Bertz CT molecular complexity index is 593. The summed E-state index contributed by atoms with van der Waals surface area (Å²) in [6, 6.07) is 8.55. The molecule has 1 aromatic rings. The Morgan fingerprint density at radius 1 is 1.19 bits per heavy atom. The van der Waals surface area contributed by atoms with Crippen LogP contribution in [0.2, 0.25) is 0 Å². The molecule has 5 heteroatoms. The van der Waals surface area contributed by atoms with Crippen molar-refractivity contribution >= 4 is 22.6 Å². The minimum Gasteiger partial charge on any atom is -0.326 e. The third kappa shape index (κ3) is 5.92. The quantitative estimate of drug-likeness (QED) is 0.722. The van der Waals surface area contributed by atoms with E-state index in [4.69, 9.17) is 0 Å². The van der Waals surface area contributed by atoms with Crippen molar-refractivity contribution in [2.75, 3.05) is 12.4 Å². The number of rotatable bonds is 8. The first-order valence-electron chi connectivity index (χ1n) is 9.95. The van der Waals surface area contributed by atoms with Crippen molar-refractivity contribution < 1.29 is 9.00 Å². The van der Waals surface area contributed by atoms with Crippen molar-refractivity contribution in [1.29, 1.82) is 0 Å². The third-order valence-corrected chi connectivity index (χ3v) is 6.98. The third-order valence-electron chi connectivity index (χ3n) is 5.31. The van der Waals surface area contributed by atoms with Crippen molar-refractivity contribution in [3.8, 4) is 0 Å². The number of anilines is 1. The van der Waals surface area contributed by atoms with Gasteiger partial charge < -0.3 is 5.32 Å². The number of hydrogen-bond donors (Lipinski definition) is 1. The highest BCUT2D eigenvalue weighted by atomic mass is 32.2. The molecule has 1 unspecified atom stereocenters. The van der Waals surface area contributed by atoms with Crippen LogP contribution in [0.25, 0.3) is 0 Å². The minimum atomic E-state index is -0.940. The van der Waals surface area contributed by atoms with Gasteiger partial charge in [0.05, 0.1) is 11.0 Å². The summed E-state index contributed by atoms with van der Waals surface area (Å²) in [5.74, 6) is 0.185. The van der Waals surface area contributed by atoms with Crippen LogP contribution in [0.1, 0.15) is 64.9 Å². The van der Waals surface area contributed by atoms with Gasteiger partial charge in [-0.3, -0.25) is 4.79 Å². The second kappa shape index (κ2) is 10.2. The number of carbonyl (C=O) groups is 1. The van der Waals surface area contributed by atoms with Gasteiger partial charge in [-0.2, -0.15) is 0 Å². The van der Waals surface area contributed by atoms with E-state index in [9.17, 15) is 9.00 Å². The second-order valence-electron chi connectivity index (χ2n) is 7.67. The van der Waals surface area contributed by atoms with Crippen molar-refractivity contribution in [3.05, 3.63) is 29.8 Å². The number of nitrogens with one attached hydrogen (secondary N) is 1. The fraction of sp³-hybridized carbons (Fsp3) is 0.667. The fourth-order valence-corrected chi connectivity index (χ4v) is 4.73. The molecule has 146 valence electrons. The first kappa shape index (κ1) is 21.1. The molecular formula is C21H34N2O2S. The van der Waals surface area contributed by atoms with Crippen molar-refractivity contribution in [3.63, 3.8) is 0 Å².